The Balaban J connectivity index is 2.95. The van der Waals surface area contributed by atoms with Gasteiger partial charge in [0, 0.05) is 15.5 Å². The Labute approximate surface area is 109 Å². The van der Waals surface area contributed by atoms with Gasteiger partial charge < -0.3 is 5.32 Å². The first-order chi connectivity index (χ1) is 7.71. The number of aryl methyl sites for hydroxylation is 1. The van der Waals surface area contributed by atoms with Crippen molar-refractivity contribution in [3.05, 3.63) is 39.1 Å². The van der Waals surface area contributed by atoms with Crippen LogP contribution < -0.4 is 5.32 Å². The van der Waals surface area contributed by atoms with Gasteiger partial charge in [0.1, 0.15) is 17.7 Å². The van der Waals surface area contributed by atoms with Crippen molar-refractivity contribution in [3.8, 4) is 12.1 Å². The highest BCUT2D eigenvalue weighted by molar-refractivity contribution is 14.1. The number of benzene rings is 1. The Bertz CT molecular complexity index is 476. The summed E-state index contributed by atoms with van der Waals surface area (Å²) in [6, 6.07) is 9.62. The number of allylic oxidation sites excluding steroid dienone is 1. The van der Waals surface area contributed by atoms with Crippen molar-refractivity contribution in [2.75, 3.05) is 5.32 Å². The second-order valence-electron chi connectivity index (χ2n) is 3.08. The molecule has 0 heterocycles. The van der Waals surface area contributed by atoms with Crippen molar-refractivity contribution in [1.29, 1.82) is 10.5 Å². The third-order valence-corrected chi connectivity index (χ3v) is 2.73. The molecule has 0 aliphatic rings. The molecule has 0 bridgehead atoms. The summed E-state index contributed by atoms with van der Waals surface area (Å²) in [5.74, 6) is 0. The number of halogens is 1. The molecular weight excluding hydrogens is 313 g/mol. The molecule has 0 aliphatic carbocycles. The Kier molecular flexibility index (Phi) is 4.81. The third-order valence-electron chi connectivity index (χ3n) is 2.06. The van der Waals surface area contributed by atoms with E-state index in [0.29, 0.717) is 0 Å². The molecule has 0 radical (unpaired) electrons. The van der Waals surface area contributed by atoms with Crippen LogP contribution in [-0.4, -0.2) is 0 Å². The van der Waals surface area contributed by atoms with Crippen molar-refractivity contribution in [2.45, 2.75) is 13.3 Å². The lowest BCUT2D eigenvalue weighted by atomic mass is 10.1. The molecule has 3 nitrogen and oxygen atoms in total. The van der Waals surface area contributed by atoms with Crippen molar-refractivity contribution in [3.63, 3.8) is 0 Å². The minimum absolute atomic E-state index is 0.0700. The van der Waals surface area contributed by atoms with Gasteiger partial charge in [0.05, 0.1) is 0 Å². The maximum absolute atomic E-state index is 8.59. The molecule has 0 amide bonds. The Hall–Kier alpha value is -1.53. The molecule has 0 atom stereocenters. The lowest BCUT2D eigenvalue weighted by molar-refractivity contribution is 1.14. The minimum atomic E-state index is 0.0700. The normalized spacial score (nSPS) is 8.75. The molecule has 16 heavy (non-hydrogen) atoms. The zero-order chi connectivity index (χ0) is 12.0. The summed E-state index contributed by atoms with van der Waals surface area (Å²) in [6.45, 7) is 2.07. The van der Waals surface area contributed by atoms with E-state index < -0.39 is 0 Å². The molecule has 1 aromatic carbocycles. The van der Waals surface area contributed by atoms with Crippen LogP contribution in [0.2, 0.25) is 0 Å². The van der Waals surface area contributed by atoms with E-state index >= 15 is 0 Å². The van der Waals surface area contributed by atoms with Crippen LogP contribution in [0, 0.1) is 26.2 Å². The number of nitriles is 2. The lowest BCUT2D eigenvalue weighted by Crippen LogP contribution is -1.95. The smallest absolute Gasteiger partial charge is 0.145 e. The Morgan fingerprint density at radius 1 is 1.44 bits per heavy atom. The number of rotatable bonds is 3. The predicted octanol–water partition coefficient (Wildman–Crippen LogP) is 3.20. The van der Waals surface area contributed by atoms with Crippen molar-refractivity contribution in [2.24, 2.45) is 0 Å². The van der Waals surface area contributed by atoms with E-state index in [-0.39, 0.29) is 5.57 Å². The summed E-state index contributed by atoms with van der Waals surface area (Å²) in [5, 5.41) is 20.2. The molecule has 1 aromatic rings. The van der Waals surface area contributed by atoms with Crippen LogP contribution in [0.4, 0.5) is 5.69 Å². The fourth-order valence-electron chi connectivity index (χ4n) is 1.24. The minimum Gasteiger partial charge on any atom is -0.360 e. The summed E-state index contributed by atoms with van der Waals surface area (Å²) in [6.07, 6.45) is 2.34. The van der Waals surface area contributed by atoms with Gasteiger partial charge in [0.2, 0.25) is 0 Å². The van der Waals surface area contributed by atoms with Crippen LogP contribution in [0.15, 0.2) is 30.0 Å². The van der Waals surface area contributed by atoms with Crippen molar-refractivity contribution < 1.29 is 0 Å². The van der Waals surface area contributed by atoms with E-state index in [2.05, 4.69) is 40.9 Å². The second-order valence-corrected chi connectivity index (χ2v) is 4.33. The number of nitrogens with zero attached hydrogens (tertiary/aromatic N) is 2. The van der Waals surface area contributed by atoms with Gasteiger partial charge >= 0.3 is 0 Å². The summed E-state index contributed by atoms with van der Waals surface area (Å²) in [7, 11) is 0. The number of hydrogen-bond donors (Lipinski definition) is 1. The monoisotopic (exact) mass is 323 g/mol. The lowest BCUT2D eigenvalue weighted by Gasteiger charge is -2.07. The van der Waals surface area contributed by atoms with E-state index in [1.165, 1.54) is 15.3 Å². The Morgan fingerprint density at radius 3 is 2.69 bits per heavy atom. The summed E-state index contributed by atoms with van der Waals surface area (Å²) < 4.78 is 1.17. The molecule has 0 spiro atoms. The third kappa shape index (κ3) is 3.25. The molecule has 0 saturated heterocycles. The molecule has 1 rings (SSSR count). The molecule has 0 aromatic heterocycles. The molecule has 4 heteroatoms. The predicted molar refractivity (Wildman–Crippen MR) is 71.5 cm³/mol. The SMILES string of the molecule is CCc1cc(I)ccc1NC=C(C#N)C#N. The molecule has 0 fully saturated rings. The number of nitrogens with one attached hydrogen (secondary N) is 1. The highest BCUT2D eigenvalue weighted by Crippen LogP contribution is 2.19. The maximum Gasteiger partial charge on any atom is 0.145 e. The molecule has 1 N–H and O–H groups in total. The van der Waals surface area contributed by atoms with Gasteiger partial charge in [-0.1, -0.05) is 6.92 Å². The summed E-state index contributed by atoms with van der Waals surface area (Å²) in [5.41, 5.74) is 2.17. The van der Waals surface area contributed by atoms with E-state index in [9.17, 15) is 0 Å². The quantitative estimate of drug-likeness (QED) is 0.686. The van der Waals surface area contributed by atoms with Gasteiger partial charge in [-0.05, 0) is 52.8 Å². The van der Waals surface area contributed by atoms with E-state index in [1.54, 1.807) is 12.1 Å². The van der Waals surface area contributed by atoms with Crippen LogP contribution in [0.1, 0.15) is 12.5 Å². The van der Waals surface area contributed by atoms with Gasteiger partial charge in [-0.15, -0.1) is 0 Å². The van der Waals surface area contributed by atoms with Gasteiger partial charge in [0.25, 0.3) is 0 Å². The fourth-order valence-corrected chi connectivity index (χ4v) is 1.79. The van der Waals surface area contributed by atoms with Crippen molar-refractivity contribution >= 4 is 28.3 Å². The highest BCUT2D eigenvalue weighted by atomic mass is 127. The van der Waals surface area contributed by atoms with Gasteiger partial charge in [-0.2, -0.15) is 10.5 Å². The molecule has 80 valence electrons. The summed E-state index contributed by atoms with van der Waals surface area (Å²) >= 11 is 2.25. The number of anilines is 1. The van der Waals surface area contributed by atoms with Crippen LogP contribution in [0.5, 0.6) is 0 Å². The van der Waals surface area contributed by atoms with Crippen LogP contribution in [-0.2, 0) is 6.42 Å². The molecular formula is C12H10IN3. The first-order valence-electron chi connectivity index (χ1n) is 4.76. The van der Waals surface area contributed by atoms with Gasteiger partial charge in [-0.3, -0.25) is 0 Å². The van der Waals surface area contributed by atoms with E-state index in [1.807, 2.05) is 12.1 Å². The summed E-state index contributed by atoms with van der Waals surface area (Å²) in [4.78, 5) is 0. The molecule has 0 aliphatic heterocycles. The zero-order valence-corrected chi connectivity index (χ0v) is 10.9. The largest absolute Gasteiger partial charge is 0.360 e. The molecule has 0 saturated carbocycles. The van der Waals surface area contributed by atoms with E-state index in [0.717, 1.165) is 12.1 Å². The first kappa shape index (κ1) is 12.5. The topological polar surface area (TPSA) is 59.6 Å². The van der Waals surface area contributed by atoms with Crippen molar-refractivity contribution in [1.82, 2.24) is 0 Å². The standard InChI is InChI=1S/C12H10IN3/c1-2-10-5-11(13)3-4-12(10)16-8-9(6-14)7-15/h3-5,8,16H,2H2,1H3. The molecule has 0 unspecified atom stereocenters. The average Bonchev–Trinajstić information content (AvgIpc) is 2.31. The average molecular weight is 323 g/mol. The second kappa shape index (κ2) is 6.14. The first-order valence-corrected chi connectivity index (χ1v) is 5.84. The Morgan fingerprint density at radius 2 is 2.12 bits per heavy atom. The van der Waals surface area contributed by atoms with Gasteiger partial charge in [0.15, 0.2) is 0 Å². The van der Waals surface area contributed by atoms with Crippen LogP contribution in [0.3, 0.4) is 0 Å². The fraction of sp³-hybridized carbons (Fsp3) is 0.167. The van der Waals surface area contributed by atoms with Crippen LogP contribution >= 0.6 is 22.6 Å². The zero-order valence-electron chi connectivity index (χ0n) is 8.79. The highest BCUT2D eigenvalue weighted by Gasteiger charge is 2.00. The van der Waals surface area contributed by atoms with Crippen LogP contribution in [0.25, 0.3) is 0 Å². The maximum atomic E-state index is 8.59. The van der Waals surface area contributed by atoms with Gasteiger partial charge in [-0.25, -0.2) is 0 Å². The number of hydrogen-bond acceptors (Lipinski definition) is 3. The van der Waals surface area contributed by atoms with E-state index in [4.69, 9.17) is 10.5 Å².